The lowest BCUT2D eigenvalue weighted by molar-refractivity contribution is -0.114. The van der Waals surface area contributed by atoms with Crippen LogP contribution in [0.4, 0.5) is 0 Å². The second kappa shape index (κ2) is 9.90. The molecule has 11 nitrogen and oxygen atoms in total. The zero-order valence-electron chi connectivity index (χ0n) is 20.5. The Morgan fingerprint density at radius 3 is 2.73 bits per heavy atom. The van der Waals surface area contributed by atoms with E-state index in [1.165, 1.54) is 45.8 Å². The number of hydrogen-bond donors (Lipinski definition) is 1. The summed E-state index contributed by atoms with van der Waals surface area (Å²) < 4.78 is 12.7. The first kappa shape index (κ1) is 24.8. The number of rotatable bonds is 7. The molecule has 0 aliphatic carbocycles. The molecule has 37 heavy (non-hydrogen) atoms. The highest BCUT2D eigenvalue weighted by molar-refractivity contribution is 8.27. The largest absolute Gasteiger partial charge is 0.493 e. The molecule has 0 saturated heterocycles. The van der Waals surface area contributed by atoms with Gasteiger partial charge in [-0.1, -0.05) is 38.2 Å². The van der Waals surface area contributed by atoms with E-state index in [4.69, 9.17) is 14.9 Å². The van der Waals surface area contributed by atoms with Crippen LogP contribution >= 0.6 is 23.1 Å². The van der Waals surface area contributed by atoms with Crippen LogP contribution in [0.15, 0.2) is 44.7 Å². The molecule has 0 saturated carbocycles. The van der Waals surface area contributed by atoms with Gasteiger partial charge in [-0.25, -0.2) is 4.98 Å². The molecule has 2 aromatic heterocycles. The molecule has 190 valence electrons. The van der Waals surface area contributed by atoms with Crippen LogP contribution in [0.2, 0.25) is 0 Å². The number of methoxy groups -OCH3 is 1. The van der Waals surface area contributed by atoms with Crippen LogP contribution in [0.5, 0.6) is 11.5 Å². The van der Waals surface area contributed by atoms with Gasteiger partial charge in [-0.2, -0.15) is 24.7 Å². The summed E-state index contributed by atoms with van der Waals surface area (Å²) >= 11 is 2.67. The number of aliphatic imine (C=N–C) groups is 1. The number of amidine groups is 2. The number of amides is 1. The van der Waals surface area contributed by atoms with E-state index in [0.29, 0.717) is 32.9 Å². The number of carbonyl (C=O) groups is 1. The summed E-state index contributed by atoms with van der Waals surface area (Å²) in [5.41, 5.74) is 0.970. The molecular formula is C24H23N7O4S2. The van der Waals surface area contributed by atoms with Crippen molar-refractivity contribution in [2.75, 3.05) is 7.11 Å². The van der Waals surface area contributed by atoms with E-state index in [2.05, 4.69) is 20.2 Å². The first-order valence-electron chi connectivity index (χ1n) is 11.5. The van der Waals surface area contributed by atoms with Crippen molar-refractivity contribution in [3.8, 4) is 11.5 Å². The Morgan fingerprint density at radius 1 is 1.19 bits per heavy atom. The third-order valence-electron chi connectivity index (χ3n) is 5.48. The van der Waals surface area contributed by atoms with Gasteiger partial charge in [0.25, 0.3) is 11.5 Å². The molecule has 0 fully saturated rings. The number of fused-ring (bicyclic) bond motifs is 2. The Kier molecular flexibility index (Phi) is 6.65. The second-order valence-electron chi connectivity index (χ2n) is 8.44. The highest BCUT2D eigenvalue weighted by atomic mass is 32.2. The van der Waals surface area contributed by atoms with Crippen LogP contribution in [0.3, 0.4) is 0 Å². The Hall–Kier alpha value is -3.84. The van der Waals surface area contributed by atoms with E-state index < -0.39 is 5.91 Å². The third-order valence-corrected chi connectivity index (χ3v) is 7.74. The lowest BCUT2D eigenvalue weighted by atomic mass is 10.1. The van der Waals surface area contributed by atoms with Crippen LogP contribution in [0, 0.1) is 11.3 Å². The maximum Gasteiger partial charge on any atom is 0.283 e. The van der Waals surface area contributed by atoms with Gasteiger partial charge in [0.2, 0.25) is 10.1 Å². The smallest absolute Gasteiger partial charge is 0.283 e. The molecule has 13 heteroatoms. The van der Waals surface area contributed by atoms with Gasteiger partial charge in [-0.15, -0.1) is 0 Å². The Balaban J connectivity index is 1.37. The van der Waals surface area contributed by atoms with Gasteiger partial charge < -0.3 is 9.47 Å². The summed E-state index contributed by atoms with van der Waals surface area (Å²) in [6, 6.07) is 6.54. The summed E-state index contributed by atoms with van der Waals surface area (Å²) in [7, 11) is 1.51. The van der Waals surface area contributed by atoms with Gasteiger partial charge in [0.1, 0.15) is 16.7 Å². The number of benzene rings is 1. The lowest BCUT2D eigenvalue weighted by Crippen LogP contribution is -2.35. The third kappa shape index (κ3) is 4.79. The van der Waals surface area contributed by atoms with Crippen molar-refractivity contribution in [2.24, 2.45) is 16.0 Å². The van der Waals surface area contributed by atoms with Crippen molar-refractivity contribution in [3.63, 3.8) is 0 Å². The topological polar surface area (TPSA) is 135 Å². The maximum absolute atomic E-state index is 12.7. The van der Waals surface area contributed by atoms with Gasteiger partial charge >= 0.3 is 0 Å². The Labute approximate surface area is 220 Å². The Morgan fingerprint density at radius 2 is 2.00 bits per heavy atom. The van der Waals surface area contributed by atoms with E-state index in [-0.39, 0.29) is 29.5 Å². The van der Waals surface area contributed by atoms with Crippen LogP contribution < -0.4 is 15.0 Å². The van der Waals surface area contributed by atoms with E-state index in [1.54, 1.807) is 24.3 Å². The van der Waals surface area contributed by atoms with Gasteiger partial charge in [0.05, 0.1) is 18.4 Å². The molecule has 0 atom stereocenters. The number of carbonyl (C=O) groups excluding carboxylic acids is 1. The maximum atomic E-state index is 12.7. The van der Waals surface area contributed by atoms with Crippen molar-refractivity contribution in [3.05, 3.63) is 56.5 Å². The van der Waals surface area contributed by atoms with Crippen molar-refractivity contribution in [1.29, 1.82) is 5.41 Å². The second-order valence-corrected chi connectivity index (χ2v) is 10.5. The fourth-order valence-corrected chi connectivity index (χ4v) is 5.31. The average molecular weight is 538 g/mol. The number of aryl methyl sites for hydroxylation is 1. The molecule has 2 aliphatic heterocycles. The first-order valence-corrected chi connectivity index (χ1v) is 13.1. The van der Waals surface area contributed by atoms with E-state index in [9.17, 15) is 9.59 Å². The van der Waals surface area contributed by atoms with Crippen molar-refractivity contribution in [2.45, 2.75) is 33.8 Å². The monoisotopic (exact) mass is 537 g/mol. The average Bonchev–Trinajstić information content (AvgIpc) is 3.50. The zero-order chi connectivity index (χ0) is 26.3. The molecule has 1 amide bonds. The lowest BCUT2D eigenvalue weighted by Gasteiger charge is -2.20. The zero-order valence-corrected chi connectivity index (χ0v) is 22.1. The molecule has 5 rings (SSSR count). The fraction of sp³-hybridized carbons (Fsp3) is 0.292. The number of thioether (sulfide) groups is 1. The molecule has 4 heterocycles. The Bertz CT molecular complexity index is 1590. The summed E-state index contributed by atoms with van der Waals surface area (Å²) in [6.45, 7) is 6.03. The molecule has 0 radical (unpaired) electrons. The van der Waals surface area contributed by atoms with E-state index >= 15 is 0 Å². The van der Waals surface area contributed by atoms with Gasteiger partial charge in [0, 0.05) is 12.0 Å². The van der Waals surface area contributed by atoms with E-state index in [1.807, 2.05) is 20.8 Å². The van der Waals surface area contributed by atoms with Crippen molar-refractivity contribution < 1.29 is 14.3 Å². The number of ether oxygens (including phenoxy) is 2. The minimum Gasteiger partial charge on any atom is -0.493 e. The van der Waals surface area contributed by atoms with Gasteiger partial charge in [-0.05, 0) is 42.0 Å². The standard InChI is InChI=1S/C24H23N7O4S2/c1-5-18-28-30-19(32)10-14(26-23(30)36-18)11-35-16-7-6-13(9-17(16)34-4)8-15-20(25)31-24(27-21(15)33)37-22(29-31)12(2)3/h6-10,12,25H,5,11H2,1-4H3/b15-8-,25-20?. The fourth-order valence-electron chi connectivity index (χ4n) is 3.56. The first-order chi connectivity index (χ1) is 17.8. The van der Waals surface area contributed by atoms with Crippen molar-refractivity contribution in [1.82, 2.24) is 19.6 Å². The minimum atomic E-state index is -0.495. The minimum absolute atomic E-state index is 0.0282. The summed E-state index contributed by atoms with van der Waals surface area (Å²) in [6.07, 6.45) is 2.30. The van der Waals surface area contributed by atoms with Crippen LogP contribution in [-0.2, 0) is 17.8 Å². The number of hydrogen-bond acceptors (Lipinski definition) is 10. The predicted octanol–water partition coefficient (Wildman–Crippen LogP) is 3.58. The predicted molar refractivity (Wildman–Crippen MR) is 144 cm³/mol. The number of hydrazone groups is 1. The highest BCUT2D eigenvalue weighted by Crippen LogP contribution is 2.33. The number of aromatic nitrogens is 3. The summed E-state index contributed by atoms with van der Waals surface area (Å²) in [4.78, 5) is 34.2. The van der Waals surface area contributed by atoms with Crippen LogP contribution in [-0.4, -0.2) is 48.7 Å². The molecule has 1 aromatic carbocycles. The molecule has 1 N–H and O–H groups in total. The molecule has 0 unspecified atom stereocenters. The molecule has 0 bridgehead atoms. The number of nitrogens with one attached hydrogen (secondary N) is 1. The van der Waals surface area contributed by atoms with E-state index in [0.717, 1.165) is 16.5 Å². The SMILES string of the molecule is CCc1nn2c(=O)cc(COc3ccc(/C=C4/C(=N)N5N=C(C(C)C)SC5=NC4=O)cc3OC)nc2s1. The summed E-state index contributed by atoms with van der Waals surface area (Å²) in [5.74, 6) is 0.508. The highest BCUT2D eigenvalue weighted by Gasteiger charge is 2.36. The summed E-state index contributed by atoms with van der Waals surface area (Å²) in [5, 5.41) is 20.6. The molecule has 3 aromatic rings. The molecule has 2 aliphatic rings. The molecule has 0 spiro atoms. The van der Waals surface area contributed by atoms with Crippen LogP contribution in [0.1, 0.15) is 37.0 Å². The number of nitrogens with zero attached hydrogens (tertiary/aromatic N) is 6. The van der Waals surface area contributed by atoms with Gasteiger partial charge in [0.15, 0.2) is 17.3 Å². The van der Waals surface area contributed by atoms with Gasteiger partial charge in [-0.3, -0.25) is 15.0 Å². The van der Waals surface area contributed by atoms with Crippen LogP contribution in [0.25, 0.3) is 11.0 Å². The normalized spacial score (nSPS) is 16.5. The quantitative estimate of drug-likeness (QED) is 0.452. The molecular weight excluding hydrogens is 514 g/mol. The van der Waals surface area contributed by atoms with Crippen molar-refractivity contribution >= 4 is 56.1 Å².